The van der Waals surface area contributed by atoms with E-state index < -0.39 is 24.7 Å². The number of hydrogen-bond donors (Lipinski definition) is 1. The maximum absolute atomic E-state index is 13.2. The minimum Gasteiger partial charge on any atom is -0.435 e. The summed E-state index contributed by atoms with van der Waals surface area (Å²) in [5.41, 5.74) is 0.289. The normalized spacial score (nSPS) is 12.7. The summed E-state index contributed by atoms with van der Waals surface area (Å²) in [6, 6.07) is 9.99. The molecule has 2 aromatic carbocycles. The van der Waals surface area contributed by atoms with Crippen LogP contribution in [-0.2, 0) is 11.2 Å². The molecule has 134 valence electrons. The highest BCUT2D eigenvalue weighted by Crippen LogP contribution is 2.32. The smallest absolute Gasteiger partial charge is 0.412 e. The Hall–Kier alpha value is -2.64. The molecule has 1 unspecified atom stereocenters. The lowest BCUT2D eigenvalue weighted by molar-refractivity contribution is -0.163. The van der Waals surface area contributed by atoms with Gasteiger partial charge in [0.15, 0.2) is 6.04 Å². The Morgan fingerprint density at radius 2 is 1.60 bits per heavy atom. The third kappa shape index (κ3) is 5.74. The van der Waals surface area contributed by atoms with Gasteiger partial charge in [0, 0.05) is 0 Å². The first kappa shape index (κ1) is 18.7. The number of alkyl halides is 5. The molecule has 25 heavy (non-hydrogen) atoms. The topological polar surface area (TPSA) is 38.3 Å². The molecule has 1 atom stereocenters. The van der Waals surface area contributed by atoms with Crippen LogP contribution in [0.25, 0.3) is 0 Å². The number of carbonyl (C=O) groups excluding carboxylic acids is 1. The van der Waals surface area contributed by atoms with E-state index in [1.807, 2.05) is 5.32 Å². The molecular formula is C17H14F5NO2. The summed E-state index contributed by atoms with van der Waals surface area (Å²) in [5, 5.41) is 1.95. The van der Waals surface area contributed by atoms with Crippen molar-refractivity contribution < 1.29 is 31.5 Å². The average Bonchev–Trinajstić information content (AvgIpc) is 2.54. The van der Waals surface area contributed by atoms with E-state index >= 15 is 0 Å². The Labute approximate surface area is 140 Å². The molecule has 0 aromatic heterocycles. The lowest BCUT2D eigenvalue weighted by atomic mass is 10.1. The van der Waals surface area contributed by atoms with Gasteiger partial charge >= 0.3 is 12.8 Å². The minimum atomic E-state index is -4.65. The van der Waals surface area contributed by atoms with Crippen LogP contribution in [-0.4, -0.2) is 18.7 Å². The zero-order valence-corrected chi connectivity index (χ0v) is 12.8. The molecule has 0 spiro atoms. The molecule has 8 heteroatoms. The van der Waals surface area contributed by atoms with Crippen molar-refractivity contribution in [3.63, 3.8) is 0 Å². The van der Waals surface area contributed by atoms with Crippen molar-refractivity contribution in [2.75, 3.05) is 0 Å². The van der Waals surface area contributed by atoms with E-state index in [9.17, 15) is 26.7 Å². The summed E-state index contributed by atoms with van der Waals surface area (Å²) < 4.78 is 67.8. The number of rotatable bonds is 6. The molecule has 0 saturated carbocycles. The molecule has 2 rings (SSSR count). The largest absolute Gasteiger partial charge is 0.435 e. The highest BCUT2D eigenvalue weighted by Gasteiger charge is 2.41. The van der Waals surface area contributed by atoms with Crippen LogP contribution in [0.5, 0.6) is 5.75 Å². The van der Waals surface area contributed by atoms with Crippen LogP contribution < -0.4 is 10.1 Å². The first-order valence-electron chi connectivity index (χ1n) is 7.20. The Morgan fingerprint density at radius 3 is 2.12 bits per heavy atom. The van der Waals surface area contributed by atoms with Crippen LogP contribution in [0.3, 0.4) is 0 Å². The first-order valence-corrected chi connectivity index (χ1v) is 7.20. The molecule has 0 saturated heterocycles. The van der Waals surface area contributed by atoms with E-state index in [-0.39, 0.29) is 17.7 Å². The van der Waals surface area contributed by atoms with Crippen molar-refractivity contribution in [2.45, 2.75) is 25.3 Å². The van der Waals surface area contributed by atoms with E-state index in [1.165, 1.54) is 48.5 Å². The molecular weight excluding hydrogens is 345 g/mol. The minimum absolute atomic E-state index is 0.0796. The number of amides is 1. The fraction of sp³-hybridized carbons (Fsp3) is 0.235. The number of hydrogen-bond acceptors (Lipinski definition) is 2. The second-order valence-electron chi connectivity index (χ2n) is 5.15. The van der Waals surface area contributed by atoms with Gasteiger partial charge in [0.2, 0.25) is 5.91 Å². The zero-order chi connectivity index (χ0) is 18.4. The fourth-order valence-electron chi connectivity index (χ4n) is 2.19. The standard InChI is InChI=1S/C17H14F5NO2/c18-16(19)25-13-8-6-11(7-9-13)10-14(24)23-15(17(20,21)22)12-4-2-1-3-5-12/h1-9,15-16H,10H2,(H,23,24). The van der Waals surface area contributed by atoms with Crippen molar-refractivity contribution in [1.29, 1.82) is 0 Å². The van der Waals surface area contributed by atoms with Gasteiger partial charge in [0.25, 0.3) is 0 Å². The van der Waals surface area contributed by atoms with E-state index in [2.05, 4.69) is 4.74 Å². The summed E-state index contributed by atoms with van der Waals surface area (Å²) >= 11 is 0. The van der Waals surface area contributed by atoms with E-state index in [1.54, 1.807) is 6.07 Å². The molecule has 0 radical (unpaired) electrons. The van der Waals surface area contributed by atoms with E-state index in [4.69, 9.17) is 0 Å². The Kier molecular flexibility index (Phi) is 5.95. The molecule has 0 aliphatic heterocycles. The average molecular weight is 359 g/mol. The number of ether oxygens (including phenoxy) is 1. The van der Waals surface area contributed by atoms with Crippen LogP contribution in [0.15, 0.2) is 54.6 Å². The lowest BCUT2D eigenvalue weighted by Crippen LogP contribution is -2.38. The Bertz CT molecular complexity index is 686. The monoisotopic (exact) mass is 359 g/mol. The van der Waals surface area contributed by atoms with Crippen molar-refractivity contribution in [2.24, 2.45) is 0 Å². The second kappa shape index (κ2) is 7.96. The second-order valence-corrected chi connectivity index (χ2v) is 5.15. The number of carbonyl (C=O) groups is 1. The summed E-state index contributed by atoms with van der Waals surface area (Å²) in [7, 11) is 0. The van der Waals surface area contributed by atoms with Crippen molar-refractivity contribution in [1.82, 2.24) is 5.32 Å². The molecule has 1 amide bonds. The highest BCUT2D eigenvalue weighted by molar-refractivity contribution is 5.79. The third-order valence-electron chi connectivity index (χ3n) is 3.28. The number of halogens is 5. The summed E-state index contributed by atoms with van der Waals surface area (Å²) in [6.45, 7) is -2.98. The van der Waals surface area contributed by atoms with Gasteiger partial charge in [-0.25, -0.2) is 0 Å². The van der Waals surface area contributed by atoms with Crippen LogP contribution in [0.4, 0.5) is 22.0 Å². The van der Waals surface area contributed by atoms with Crippen molar-refractivity contribution in [3.05, 3.63) is 65.7 Å². The summed E-state index contributed by atoms with van der Waals surface area (Å²) in [5.74, 6) is -0.940. The predicted octanol–water partition coefficient (Wildman–Crippen LogP) is 4.25. The van der Waals surface area contributed by atoms with Gasteiger partial charge in [-0.1, -0.05) is 42.5 Å². The van der Waals surface area contributed by atoms with E-state index in [0.717, 1.165) is 0 Å². The van der Waals surface area contributed by atoms with Gasteiger partial charge in [-0.3, -0.25) is 4.79 Å². The highest BCUT2D eigenvalue weighted by atomic mass is 19.4. The van der Waals surface area contributed by atoms with Gasteiger partial charge in [-0.15, -0.1) is 0 Å². The van der Waals surface area contributed by atoms with Gasteiger partial charge in [-0.05, 0) is 23.3 Å². The van der Waals surface area contributed by atoms with Gasteiger partial charge in [0.1, 0.15) is 5.75 Å². The lowest BCUT2D eigenvalue weighted by Gasteiger charge is -2.22. The van der Waals surface area contributed by atoms with Crippen LogP contribution in [0.1, 0.15) is 17.2 Å². The van der Waals surface area contributed by atoms with Gasteiger partial charge in [-0.2, -0.15) is 22.0 Å². The Balaban J connectivity index is 2.04. The molecule has 0 bridgehead atoms. The molecule has 0 aliphatic carbocycles. The van der Waals surface area contributed by atoms with Crippen LogP contribution in [0.2, 0.25) is 0 Å². The van der Waals surface area contributed by atoms with Crippen LogP contribution >= 0.6 is 0 Å². The zero-order valence-electron chi connectivity index (χ0n) is 12.8. The van der Waals surface area contributed by atoms with Crippen molar-refractivity contribution >= 4 is 5.91 Å². The SMILES string of the molecule is O=C(Cc1ccc(OC(F)F)cc1)NC(c1ccccc1)C(F)(F)F. The summed E-state index contributed by atoms with van der Waals surface area (Å²) in [4.78, 5) is 11.9. The molecule has 0 heterocycles. The molecule has 0 aliphatic rings. The van der Waals surface area contributed by atoms with E-state index in [0.29, 0.717) is 5.56 Å². The summed E-state index contributed by atoms with van der Waals surface area (Å²) in [6.07, 6.45) is -4.97. The first-order chi connectivity index (χ1) is 11.8. The molecule has 0 fully saturated rings. The van der Waals surface area contributed by atoms with Crippen LogP contribution in [0, 0.1) is 0 Å². The number of nitrogens with one attached hydrogen (secondary N) is 1. The van der Waals surface area contributed by atoms with Crippen molar-refractivity contribution in [3.8, 4) is 5.75 Å². The van der Waals surface area contributed by atoms with Gasteiger partial charge in [0.05, 0.1) is 6.42 Å². The quantitative estimate of drug-likeness (QED) is 0.783. The number of benzene rings is 2. The predicted molar refractivity (Wildman–Crippen MR) is 80.2 cm³/mol. The molecule has 3 nitrogen and oxygen atoms in total. The molecule has 1 N–H and O–H groups in total. The molecule has 2 aromatic rings. The van der Waals surface area contributed by atoms with Gasteiger partial charge < -0.3 is 10.1 Å². The third-order valence-corrected chi connectivity index (χ3v) is 3.28. The maximum Gasteiger partial charge on any atom is 0.412 e. The Morgan fingerprint density at radius 1 is 1.00 bits per heavy atom. The fourth-order valence-corrected chi connectivity index (χ4v) is 2.19. The maximum atomic E-state index is 13.2.